The maximum absolute atomic E-state index is 4.62. The van der Waals surface area contributed by atoms with E-state index >= 15 is 0 Å². The van der Waals surface area contributed by atoms with E-state index in [-0.39, 0.29) is 5.54 Å². The molecule has 1 aliphatic heterocycles. The van der Waals surface area contributed by atoms with Gasteiger partial charge in [-0.2, -0.15) is 0 Å². The van der Waals surface area contributed by atoms with E-state index in [0.29, 0.717) is 0 Å². The van der Waals surface area contributed by atoms with Gasteiger partial charge in [0.15, 0.2) is 0 Å². The Morgan fingerprint density at radius 3 is 2.50 bits per heavy atom. The van der Waals surface area contributed by atoms with Crippen molar-refractivity contribution in [1.29, 1.82) is 0 Å². The number of rotatable bonds is 1. The van der Waals surface area contributed by atoms with Gasteiger partial charge < -0.3 is 5.32 Å². The molecule has 2 nitrogen and oxygen atoms in total. The van der Waals surface area contributed by atoms with Crippen molar-refractivity contribution in [3.05, 3.63) is 30.3 Å². The lowest BCUT2D eigenvalue weighted by Gasteiger charge is -2.10. The molecule has 1 aromatic carbocycles. The van der Waals surface area contributed by atoms with E-state index in [1.165, 1.54) is 0 Å². The van der Waals surface area contributed by atoms with Crippen LogP contribution in [0.5, 0.6) is 0 Å². The molecule has 0 amide bonds. The first-order valence-corrected chi connectivity index (χ1v) is 5.07. The van der Waals surface area contributed by atoms with Crippen LogP contribution in [-0.2, 0) is 0 Å². The second-order valence-corrected chi connectivity index (χ2v) is 4.36. The standard InChI is InChI=1S/C12H16N2/c1-12(2)9-8-11(14-12)13-10-6-4-3-5-7-10/h3-7H,8-9H2,1-2H3,(H,13,14). The minimum Gasteiger partial charge on any atom is -0.344 e. The fourth-order valence-corrected chi connectivity index (χ4v) is 1.68. The fraction of sp³-hybridized carbons (Fsp3) is 0.417. The van der Waals surface area contributed by atoms with Crippen LogP contribution in [0, 0.1) is 0 Å². The molecular weight excluding hydrogens is 172 g/mol. The molecule has 0 aliphatic carbocycles. The van der Waals surface area contributed by atoms with Crippen molar-refractivity contribution in [2.75, 3.05) is 5.32 Å². The largest absolute Gasteiger partial charge is 0.344 e. The number of para-hydroxylation sites is 1. The SMILES string of the molecule is CC1(C)CCC(Nc2ccccc2)=N1. The Labute approximate surface area is 85.1 Å². The Kier molecular flexibility index (Phi) is 2.28. The summed E-state index contributed by atoms with van der Waals surface area (Å²) in [6, 6.07) is 10.2. The van der Waals surface area contributed by atoms with E-state index < -0.39 is 0 Å². The van der Waals surface area contributed by atoms with Gasteiger partial charge in [-0.05, 0) is 32.4 Å². The maximum atomic E-state index is 4.62. The lowest BCUT2D eigenvalue weighted by Crippen LogP contribution is -2.11. The van der Waals surface area contributed by atoms with Gasteiger partial charge in [0.2, 0.25) is 0 Å². The average Bonchev–Trinajstić information content (AvgIpc) is 2.47. The van der Waals surface area contributed by atoms with E-state index in [1.54, 1.807) is 0 Å². The Bertz CT molecular complexity index is 339. The molecular formula is C12H16N2. The molecule has 14 heavy (non-hydrogen) atoms. The van der Waals surface area contributed by atoms with Crippen molar-refractivity contribution in [3.8, 4) is 0 Å². The molecule has 0 aromatic heterocycles. The van der Waals surface area contributed by atoms with E-state index in [0.717, 1.165) is 24.4 Å². The van der Waals surface area contributed by atoms with Crippen molar-refractivity contribution in [3.63, 3.8) is 0 Å². The molecule has 1 heterocycles. The van der Waals surface area contributed by atoms with Gasteiger partial charge in [-0.1, -0.05) is 18.2 Å². The summed E-state index contributed by atoms with van der Waals surface area (Å²) in [6.45, 7) is 4.35. The van der Waals surface area contributed by atoms with Crippen LogP contribution in [0.3, 0.4) is 0 Å². The summed E-state index contributed by atoms with van der Waals surface area (Å²) < 4.78 is 0. The minimum atomic E-state index is 0.122. The van der Waals surface area contributed by atoms with Crippen LogP contribution < -0.4 is 5.32 Å². The average molecular weight is 188 g/mol. The number of amidine groups is 1. The fourth-order valence-electron chi connectivity index (χ4n) is 1.68. The first kappa shape index (κ1) is 9.25. The summed E-state index contributed by atoms with van der Waals surface area (Å²) in [5, 5.41) is 3.35. The van der Waals surface area contributed by atoms with Crippen LogP contribution in [0.2, 0.25) is 0 Å². The number of hydrogen-bond acceptors (Lipinski definition) is 2. The van der Waals surface area contributed by atoms with Crippen molar-refractivity contribution >= 4 is 11.5 Å². The summed E-state index contributed by atoms with van der Waals surface area (Å²) >= 11 is 0. The highest BCUT2D eigenvalue weighted by molar-refractivity contribution is 5.96. The van der Waals surface area contributed by atoms with E-state index in [1.807, 2.05) is 18.2 Å². The van der Waals surface area contributed by atoms with Crippen molar-refractivity contribution in [2.45, 2.75) is 32.2 Å². The van der Waals surface area contributed by atoms with Crippen molar-refractivity contribution in [1.82, 2.24) is 0 Å². The summed E-state index contributed by atoms with van der Waals surface area (Å²) in [6.07, 6.45) is 2.20. The van der Waals surface area contributed by atoms with Gasteiger partial charge in [0, 0.05) is 12.1 Å². The first-order valence-electron chi connectivity index (χ1n) is 5.07. The summed E-state index contributed by atoms with van der Waals surface area (Å²) in [5.74, 6) is 1.11. The number of hydrogen-bond donors (Lipinski definition) is 1. The predicted octanol–water partition coefficient (Wildman–Crippen LogP) is 3.07. The number of nitrogens with one attached hydrogen (secondary N) is 1. The van der Waals surface area contributed by atoms with Crippen LogP contribution in [0.15, 0.2) is 35.3 Å². The molecule has 1 N–H and O–H groups in total. The molecule has 2 rings (SSSR count). The summed E-state index contributed by atoms with van der Waals surface area (Å²) in [5.41, 5.74) is 1.25. The van der Waals surface area contributed by atoms with Gasteiger partial charge >= 0.3 is 0 Å². The Hall–Kier alpha value is -1.31. The molecule has 74 valence electrons. The van der Waals surface area contributed by atoms with Crippen LogP contribution in [0.1, 0.15) is 26.7 Å². The Morgan fingerprint density at radius 1 is 1.21 bits per heavy atom. The van der Waals surface area contributed by atoms with E-state index in [9.17, 15) is 0 Å². The Morgan fingerprint density at radius 2 is 1.93 bits per heavy atom. The lowest BCUT2D eigenvalue weighted by atomic mass is 10.0. The third-order valence-corrected chi connectivity index (χ3v) is 2.47. The molecule has 0 radical (unpaired) electrons. The highest BCUT2D eigenvalue weighted by atomic mass is 15.0. The predicted molar refractivity (Wildman–Crippen MR) is 60.8 cm³/mol. The Balaban J connectivity index is 2.07. The first-order chi connectivity index (χ1) is 6.66. The molecule has 2 heteroatoms. The minimum absolute atomic E-state index is 0.122. The van der Waals surface area contributed by atoms with Crippen LogP contribution in [0.25, 0.3) is 0 Å². The van der Waals surface area contributed by atoms with Crippen LogP contribution in [0.4, 0.5) is 5.69 Å². The molecule has 1 aliphatic rings. The summed E-state index contributed by atoms with van der Waals surface area (Å²) in [4.78, 5) is 4.62. The molecule has 1 aromatic rings. The zero-order valence-corrected chi connectivity index (χ0v) is 8.75. The number of anilines is 1. The third kappa shape index (κ3) is 2.13. The second-order valence-electron chi connectivity index (χ2n) is 4.36. The van der Waals surface area contributed by atoms with Crippen molar-refractivity contribution < 1.29 is 0 Å². The van der Waals surface area contributed by atoms with Crippen LogP contribution in [-0.4, -0.2) is 11.4 Å². The van der Waals surface area contributed by atoms with Gasteiger partial charge in [-0.3, -0.25) is 4.99 Å². The third-order valence-electron chi connectivity index (χ3n) is 2.47. The second kappa shape index (κ2) is 3.45. The molecule has 0 unspecified atom stereocenters. The lowest BCUT2D eigenvalue weighted by molar-refractivity contribution is 0.522. The zero-order chi connectivity index (χ0) is 10.0. The van der Waals surface area contributed by atoms with Gasteiger partial charge in [-0.25, -0.2) is 0 Å². The quantitative estimate of drug-likeness (QED) is 0.719. The molecule has 0 spiro atoms. The van der Waals surface area contributed by atoms with E-state index in [4.69, 9.17) is 0 Å². The van der Waals surface area contributed by atoms with Gasteiger partial charge in [-0.15, -0.1) is 0 Å². The molecule has 0 bridgehead atoms. The number of nitrogens with zero attached hydrogens (tertiary/aromatic N) is 1. The van der Waals surface area contributed by atoms with E-state index in [2.05, 4.69) is 36.3 Å². The molecule has 0 fully saturated rings. The smallest absolute Gasteiger partial charge is 0.101 e. The van der Waals surface area contributed by atoms with Gasteiger partial charge in [0.05, 0.1) is 5.54 Å². The molecule has 0 saturated heterocycles. The highest BCUT2D eigenvalue weighted by Gasteiger charge is 2.24. The van der Waals surface area contributed by atoms with Gasteiger partial charge in [0.25, 0.3) is 0 Å². The number of benzene rings is 1. The maximum Gasteiger partial charge on any atom is 0.101 e. The topological polar surface area (TPSA) is 24.4 Å². The van der Waals surface area contributed by atoms with Crippen molar-refractivity contribution in [2.24, 2.45) is 4.99 Å². The van der Waals surface area contributed by atoms with Crippen LogP contribution >= 0.6 is 0 Å². The normalized spacial score (nSPS) is 19.1. The molecule has 0 saturated carbocycles. The molecule has 0 atom stereocenters. The highest BCUT2D eigenvalue weighted by Crippen LogP contribution is 2.24. The monoisotopic (exact) mass is 188 g/mol. The summed E-state index contributed by atoms with van der Waals surface area (Å²) in [7, 11) is 0. The van der Waals surface area contributed by atoms with Gasteiger partial charge in [0.1, 0.15) is 5.84 Å². The zero-order valence-electron chi connectivity index (χ0n) is 8.75. The number of aliphatic imine (C=N–C) groups is 1.